The fraction of sp³-hybridized carbons (Fsp3) is 0.300. The summed E-state index contributed by atoms with van der Waals surface area (Å²) in [5, 5.41) is 22.5. The molecular weight excluding hydrogens is 573 g/mol. The predicted octanol–water partition coefficient (Wildman–Crippen LogP) is 4.47. The number of rotatable bonds is 7. The lowest BCUT2D eigenvalue weighted by Crippen LogP contribution is -2.54. The molecule has 0 radical (unpaired) electrons. The van der Waals surface area contributed by atoms with Gasteiger partial charge in [0.05, 0.1) is 29.2 Å². The van der Waals surface area contributed by atoms with Crippen LogP contribution in [0.3, 0.4) is 0 Å². The van der Waals surface area contributed by atoms with E-state index in [-0.39, 0.29) is 34.0 Å². The second kappa shape index (κ2) is 11.5. The zero-order chi connectivity index (χ0) is 30.2. The molecule has 8 nitrogen and oxygen atoms in total. The first kappa shape index (κ1) is 29.2. The van der Waals surface area contributed by atoms with Gasteiger partial charge < -0.3 is 10.4 Å². The molecule has 2 aliphatic rings. The van der Waals surface area contributed by atoms with Crippen molar-refractivity contribution in [3.05, 3.63) is 94.5 Å². The van der Waals surface area contributed by atoms with E-state index < -0.39 is 72.2 Å². The van der Waals surface area contributed by atoms with Crippen molar-refractivity contribution in [3.63, 3.8) is 0 Å². The molecule has 1 aromatic heterocycles. The molecule has 0 bridgehead atoms. The number of nitriles is 1. The summed E-state index contributed by atoms with van der Waals surface area (Å²) in [6, 6.07) is 13.2. The second-order valence-corrected chi connectivity index (χ2v) is 10.8. The maximum Gasteiger partial charge on any atom is 0.252 e. The summed E-state index contributed by atoms with van der Waals surface area (Å²) in [6.07, 6.45) is -1.76. The molecule has 12 heteroatoms. The van der Waals surface area contributed by atoms with E-state index in [2.05, 4.69) is 10.3 Å². The molecule has 216 valence electrons. The molecule has 4 atom stereocenters. The van der Waals surface area contributed by atoms with Gasteiger partial charge in [0.2, 0.25) is 11.8 Å². The third kappa shape index (κ3) is 5.73. The number of aromatic nitrogens is 1. The summed E-state index contributed by atoms with van der Waals surface area (Å²) < 4.78 is 41.7. The van der Waals surface area contributed by atoms with Crippen molar-refractivity contribution in [2.24, 2.45) is 5.92 Å². The fourth-order valence-electron chi connectivity index (χ4n) is 5.53. The largest absolute Gasteiger partial charge is 0.385 e. The van der Waals surface area contributed by atoms with Gasteiger partial charge in [0.15, 0.2) is 5.78 Å². The number of carbonyl (C=O) groups is 3. The zero-order valence-corrected chi connectivity index (χ0v) is 22.6. The van der Waals surface area contributed by atoms with Crippen molar-refractivity contribution in [1.82, 2.24) is 10.3 Å². The van der Waals surface area contributed by atoms with Crippen molar-refractivity contribution < 1.29 is 32.7 Å². The Bertz CT molecular complexity index is 1590. The summed E-state index contributed by atoms with van der Waals surface area (Å²) in [5.41, 5.74) is 0.313. The molecule has 1 heterocycles. The highest BCUT2D eigenvalue weighted by Gasteiger charge is 2.51. The monoisotopic (exact) mass is 596 g/mol. The van der Waals surface area contributed by atoms with Crippen LogP contribution in [-0.4, -0.2) is 45.8 Å². The average molecular weight is 597 g/mol. The van der Waals surface area contributed by atoms with Crippen LogP contribution in [0.25, 0.3) is 0 Å². The molecule has 2 amide bonds. The number of hydrogen-bond donors (Lipinski definition) is 2. The molecule has 2 fully saturated rings. The molecule has 0 spiro atoms. The number of amides is 2. The molecule has 0 aliphatic heterocycles. The highest BCUT2D eigenvalue weighted by Crippen LogP contribution is 2.42. The number of aliphatic hydroxyl groups is 1. The van der Waals surface area contributed by atoms with Crippen LogP contribution in [0.1, 0.15) is 48.0 Å². The first-order valence-electron chi connectivity index (χ1n) is 13.1. The van der Waals surface area contributed by atoms with E-state index in [1.807, 2.05) is 6.07 Å². The minimum atomic E-state index is -2.94. The second-order valence-electron chi connectivity index (χ2n) is 10.4. The van der Waals surface area contributed by atoms with E-state index in [0.717, 1.165) is 17.0 Å². The number of hydrogen-bond acceptors (Lipinski definition) is 6. The number of nitrogens with one attached hydrogen (secondary N) is 1. The summed E-state index contributed by atoms with van der Waals surface area (Å²) in [6.45, 7) is 0. The lowest BCUT2D eigenvalue weighted by molar-refractivity contribution is -0.133. The normalized spacial score (nSPS) is 22.1. The number of Topliss-reactive ketones (excluding diaryl/α,β-unsaturated/α-hetero) is 1. The predicted molar refractivity (Wildman–Crippen MR) is 145 cm³/mol. The zero-order valence-electron chi connectivity index (χ0n) is 21.9. The van der Waals surface area contributed by atoms with Gasteiger partial charge in [-0.3, -0.25) is 24.3 Å². The van der Waals surface area contributed by atoms with Gasteiger partial charge in [0, 0.05) is 41.4 Å². The van der Waals surface area contributed by atoms with Crippen LogP contribution in [0.2, 0.25) is 5.02 Å². The van der Waals surface area contributed by atoms with Gasteiger partial charge in [-0.15, -0.1) is 0 Å². The third-order valence-electron chi connectivity index (χ3n) is 7.53. The maximum atomic E-state index is 14.5. The number of carbonyl (C=O) groups excluding carboxylic acids is 3. The van der Waals surface area contributed by atoms with Crippen LogP contribution >= 0.6 is 11.6 Å². The lowest BCUT2D eigenvalue weighted by Gasteiger charge is -2.39. The quantitative estimate of drug-likeness (QED) is 0.415. The Labute approximate surface area is 243 Å². The highest BCUT2D eigenvalue weighted by molar-refractivity contribution is 6.31. The number of anilines is 1. The van der Waals surface area contributed by atoms with Crippen LogP contribution in [0.4, 0.5) is 18.9 Å². The van der Waals surface area contributed by atoms with Crippen molar-refractivity contribution in [1.29, 1.82) is 5.26 Å². The molecule has 1 unspecified atom stereocenters. The van der Waals surface area contributed by atoms with Crippen molar-refractivity contribution >= 4 is 34.9 Å². The van der Waals surface area contributed by atoms with Gasteiger partial charge in [0.1, 0.15) is 18.0 Å². The Morgan fingerprint density at radius 2 is 1.88 bits per heavy atom. The van der Waals surface area contributed by atoms with E-state index in [1.165, 1.54) is 42.6 Å². The van der Waals surface area contributed by atoms with E-state index in [4.69, 9.17) is 11.6 Å². The van der Waals surface area contributed by atoms with E-state index in [1.54, 1.807) is 12.1 Å². The molecular formula is C30H24ClF3N4O4. The number of halogens is 4. The Hall–Kier alpha value is -4.27. The minimum Gasteiger partial charge on any atom is -0.385 e. The molecule has 2 aliphatic carbocycles. The van der Waals surface area contributed by atoms with Crippen LogP contribution in [0.5, 0.6) is 0 Å². The molecule has 3 aromatic rings. The van der Waals surface area contributed by atoms with Crippen LogP contribution in [0, 0.1) is 23.1 Å². The van der Waals surface area contributed by atoms with Gasteiger partial charge in [0.25, 0.3) is 5.92 Å². The topological polar surface area (TPSA) is 123 Å². The fourth-order valence-corrected chi connectivity index (χ4v) is 5.77. The Morgan fingerprint density at radius 3 is 2.55 bits per heavy atom. The molecule has 5 rings (SSSR count). The minimum absolute atomic E-state index is 0.0645. The number of alkyl halides is 2. The summed E-state index contributed by atoms with van der Waals surface area (Å²) in [5.74, 6) is -8.60. The Balaban J connectivity index is 1.63. The smallest absolute Gasteiger partial charge is 0.252 e. The first-order valence-corrected chi connectivity index (χ1v) is 13.5. The molecule has 2 aromatic carbocycles. The summed E-state index contributed by atoms with van der Waals surface area (Å²) in [7, 11) is 0. The maximum absolute atomic E-state index is 14.5. The number of ketones is 1. The first-order chi connectivity index (χ1) is 20.0. The van der Waals surface area contributed by atoms with Crippen molar-refractivity contribution in [3.8, 4) is 6.07 Å². The van der Waals surface area contributed by atoms with E-state index >= 15 is 0 Å². The third-order valence-corrected chi connectivity index (χ3v) is 7.87. The summed E-state index contributed by atoms with van der Waals surface area (Å²) in [4.78, 5) is 46.6. The summed E-state index contributed by atoms with van der Waals surface area (Å²) >= 11 is 6.48. The lowest BCUT2D eigenvalue weighted by atomic mass is 9.87. The van der Waals surface area contributed by atoms with Gasteiger partial charge in [-0.1, -0.05) is 35.9 Å². The Morgan fingerprint density at radius 1 is 1.14 bits per heavy atom. The standard InChI is InChI=1S/C30H24ClF3N4O4/c31-22-7-2-1-6-20(22)26(28(41)37-18-13-30(33,34)14-18)38(19-5-3-4-17(32)11-19)29(42)21-12-24(39)27(40)25(21)23-10-16(15-35)8-9-36-23/h1-11,18,21,24-26,39H,12-14H2,(H,37,41)/t21-,24-,25?,26+/m1/s1. The van der Waals surface area contributed by atoms with E-state index in [0.29, 0.717) is 0 Å². The van der Waals surface area contributed by atoms with Crippen LogP contribution in [-0.2, 0) is 14.4 Å². The van der Waals surface area contributed by atoms with Gasteiger partial charge in [-0.05, 0) is 42.8 Å². The molecule has 2 saturated carbocycles. The number of aliphatic hydroxyl groups excluding tert-OH is 1. The average Bonchev–Trinajstić information content (AvgIpc) is 3.24. The van der Waals surface area contributed by atoms with Gasteiger partial charge >= 0.3 is 0 Å². The highest BCUT2D eigenvalue weighted by atomic mass is 35.5. The number of nitrogens with zero attached hydrogens (tertiary/aromatic N) is 3. The number of pyridine rings is 1. The SMILES string of the molecule is N#Cc1ccnc(C2C(=O)[C@H](O)C[C@H]2C(=O)N(c2cccc(F)c2)[C@H](C(=O)NC2CC(F)(F)C2)c2ccccc2Cl)c1. The van der Waals surface area contributed by atoms with Crippen molar-refractivity contribution in [2.75, 3.05) is 4.90 Å². The van der Waals surface area contributed by atoms with Crippen LogP contribution < -0.4 is 10.2 Å². The van der Waals surface area contributed by atoms with Gasteiger partial charge in [-0.25, -0.2) is 13.2 Å². The van der Waals surface area contributed by atoms with Crippen molar-refractivity contribution in [2.45, 2.75) is 49.3 Å². The van der Waals surface area contributed by atoms with E-state index in [9.17, 15) is 37.9 Å². The van der Waals surface area contributed by atoms with Gasteiger partial charge in [-0.2, -0.15) is 5.26 Å². The Kier molecular flexibility index (Phi) is 8.03. The molecule has 0 saturated heterocycles. The molecule has 2 N–H and O–H groups in total. The van der Waals surface area contributed by atoms with Crippen LogP contribution in [0.15, 0.2) is 66.9 Å². The molecule has 42 heavy (non-hydrogen) atoms. The number of benzene rings is 2.